The van der Waals surface area contributed by atoms with Gasteiger partial charge in [0.1, 0.15) is 17.4 Å². The van der Waals surface area contributed by atoms with Crippen molar-refractivity contribution in [2.75, 3.05) is 0 Å². The molecule has 5 heteroatoms. The van der Waals surface area contributed by atoms with E-state index in [1.807, 2.05) is 0 Å². The van der Waals surface area contributed by atoms with Gasteiger partial charge >= 0.3 is 0 Å². The van der Waals surface area contributed by atoms with Crippen molar-refractivity contribution in [1.29, 1.82) is 0 Å². The zero-order chi connectivity index (χ0) is 12.3. The van der Waals surface area contributed by atoms with Gasteiger partial charge in [-0.25, -0.2) is 13.8 Å². The Morgan fingerprint density at radius 2 is 1.82 bits per heavy atom. The molecule has 0 aliphatic carbocycles. The first kappa shape index (κ1) is 11.5. The smallest absolute Gasteiger partial charge is 0.219 e. The summed E-state index contributed by atoms with van der Waals surface area (Å²) in [6.07, 6.45) is 1.42. The van der Waals surface area contributed by atoms with Crippen LogP contribution in [0.3, 0.4) is 0 Å². The van der Waals surface area contributed by atoms with Gasteiger partial charge in [-0.2, -0.15) is 0 Å². The molecule has 0 fully saturated rings. The van der Waals surface area contributed by atoms with Crippen LogP contribution in [0.15, 0.2) is 36.5 Å². The number of aliphatic hydroxyl groups excluding tert-OH is 1. The Hall–Kier alpha value is -2.01. The van der Waals surface area contributed by atoms with Gasteiger partial charge in [0.05, 0.1) is 6.61 Å². The van der Waals surface area contributed by atoms with Crippen LogP contribution in [0.5, 0.6) is 11.6 Å². The number of hydrogen-bond donors (Lipinski definition) is 1. The lowest BCUT2D eigenvalue weighted by molar-refractivity contribution is 0.281. The predicted octanol–water partition coefficient (Wildman–Crippen LogP) is 2.64. The number of nitrogens with zero attached hydrogens (tertiary/aromatic N) is 1. The first-order valence-electron chi connectivity index (χ1n) is 4.87. The van der Waals surface area contributed by atoms with Gasteiger partial charge in [-0.05, 0) is 11.6 Å². The SMILES string of the molecule is OCc1ccc(Oc2cc(F)cc(F)c2)nc1. The number of hydrogen-bond acceptors (Lipinski definition) is 3. The normalized spacial score (nSPS) is 10.3. The summed E-state index contributed by atoms with van der Waals surface area (Å²) >= 11 is 0. The number of halogens is 2. The summed E-state index contributed by atoms with van der Waals surface area (Å²) in [4.78, 5) is 3.88. The highest BCUT2D eigenvalue weighted by Gasteiger charge is 2.03. The molecule has 0 unspecified atom stereocenters. The summed E-state index contributed by atoms with van der Waals surface area (Å²) in [5.74, 6) is -1.20. The zero-order valence-electron chi connectivity index (χ0n) is 8.73. The van der Waals surface area contributed by atoms with Gasteiger partial charge in [0.25, 0.3) is 0 Å². The van der Waals surface area contributed by atoms with Crippen molar-refractivity contribution in [2.45, 2.75) is 6.61 Å². The molecule has 0 aliphatic rings. The third-order valence-corrected chi connectivity index (χ3v) is 2.04. The summed E-state index contributed by atoms with van der Waals surface area (Å²) in [7, 11) is 0. The Morgan fingerprint density at radius 3 is 2.35 bits per heavy atom. The maximum Gasteiger partial charge on any atom is 0.219 e. The molecule has 0 saturated carbocycles. The van der Waals surface area contributed by atoms with Crippen molar-refractivity contribution in [3.63, 3.8) is 0 Å². The molecular weight excluding hydrogens is 228 g/mol. The molecule has 1 heterocycles. The number of aromatic nitrogens is 1. The van der Waals surface area contributed by atoms with Crippen LogP contribution in [0, 0.1) is 11.6 Å². The van der Waals surface area contributed by atoms with Crippen LogP contribution in [-0.4, -0.2) is 10.1 Å². The summed E-state index contributed by atoms with van der Waals surface area (Å²) in [6.45, 7) is -0.123. The standard InChI is InChI=1S/C12H9F2NO2/c13-9-3-10(14)5-11(4-9)17-12-2-1-8(7-16)6-15-12/h1-6,16H,7H2. The van der Waals surface area contributed by atoms with Crippen molar-refractivity contribution < 1.29 is 18.6 Å². The Labute approximate surface area is 96.3 Å². The van der Waals surface area contributed by atoms with Gasteiger partial charge in [0, 0.05) is 30.5 Å². The highest BCUT2D eigenvalue weighted by atomic mass is 19.1. The van der Waals surface area contributed by atoms with E-state index in [0.717, 1.165) is 18.2 Å². The van der Waals surface area contributed by atoms with E-state index in [1.165, 1.54) is 12.3 Å². The van der Waals surface area contributed by atoms with Crippen molar-refractivity contribution in [3.8, 4) is 11.6 Å². The van der Waals surface area contributed by atoms with Gasteiger partial charge < -0.3 is 9.84 Å². The van der Waals surface area contributed by atoms with E-state index in [2.05, 4.69) is 4.98 Å². The topological polar surface area (TPSA) is 42.4 Å². The van der Waals surface area contributed by atoms with Crippen molar-refractivity contribution in [3.05, 3.63) is 53.7 Å². The third-order valence-electron chi connectivity index (χ3n) is 2.04. The van der Waals surface area contributed by atoms with Gasteiger partial charge in [-0.1, -0.05) is 0 Å². The maximum atomic E-state index is 12.9. The summed E-state index contributed by atoms with van der Waals surface area (Å²) in [6, 6.07) is 6.00. The minimum absolute atomic E-state index is 0.0340. The highest BCUT2D eigenvalue weighted by molar-refractivity contribution is 5.28. The Balaban J connectivity index is 2.19. The quantitative estimate of drug-likeness (QED) is 0.892. The van der Waals surface area contributed by atoms with E-state index in [1.54, 1.807) is 6.07 Å². The fourth-order valence-corrected chi connectivity index (χ4v) is 1.27. The third kappa shape index (κ3) is 2.98. The molecule has 2 rings (SSSR count). The zero-order valence-corrected chi connectivity index (χ0v) is 8.73. The molecule has 1 aromatic carbocycles. The number of rotatable bonds is 3. The molecule has 0 radical (unpaired) electrons. The number of aliphatic hydroxyl groups is 1. The van der Waals surface area contributed by atoms with E-state index in [-0.39, 0.29) is 18.2 Å². The second-order valence-corrected chi connectivity index (χ2v) is 3.37. The molecule has 0 amide bonds. The summed E-state index contributed by atoms with van der Waals surface area (Å²) < 4.78 is 30.9. The molecule has 2 aromatic rings. The van der Waals surface area contributed by atoms with Crippen LogP contribution in [0.1, 0.15) is 5.56 Å². The lowest BCUT2D eigenvalue weighted by Crippen LogP contribution is -1.91. The van der Waals surface area contributed by atoms with Crippen LogP contribution in [0.2, 0.25) is 0 Å². The first-order valence-corrected chi connectivity index (χ1v) is 4.87. The molecule has 0 bridgehead atoms. The lowest BCUT2D eigenvalue weighted by atomic mass is 10.3. The molecule has 3 nitrogen and oxygen atoms in total. The number of benzene rings is 1. The van der Waals surface area contributed by atoms with Crippen LogP contribution in [0.4, 0.5) is 8.78 Å². The monoisotopic (exact) mass is 237 g/mol. The van der Waals surface area contributed by atoms with Gasteiger partial charge in [0.15, 0.2) is 0 Å². The Kier molecular flexibility index (Phi) is 3.30. The molecule has 17 heavy (non-hydrogen) atoms. The van der Waals surface area contributed by atoms with Crippen LogP contribution in [-0.2, 0) is 6.61 Å². The van der Waals surface area contributed by atoms with Crippen molar-refractivity contribution in [2.24, 2.45) is 0 Å². The fraction of sp³-hybridized carbons (Fsp3) is 0.0833. The maximum absolute atomic E-state index is 12.9. The van der Waals surface area contributed by atoms with E-state index >= 15 is 0 Å². The predicted molar refractivity (Wildman–Crippen MR) is 56.6 cm³/mol. The summed E-state index contributed by atoms with van der Waals surface area (Å²) in [5.41, 5.74) is 0.628. The Bertz CT molecular complexity index is 494. The number of pyridine rings is 1. The van der Waals surface area contributed by atoms with E-state index in [0.29, 0.717) is 5.56 Å². The second-order valence-electron chi connectivity index (χ2n) is 3.37. The average molecular weight is 237 g/mol. The lowest BCUT2D eigenvalue weighted by Gasteiger charge is -2.05. The van der Waals surface area contributed by atoms with E-state index in [9.17, 15) is 8.78 Å². The van der Waals surface area contributed by atoms with E-state index in [4.69, 9.17) is 9.84 Å². The molecular formula is C12H9F2NO2. The molecule has 88 valence electrons. The Morgan fingerprint density at radius 1 is 1.12 bits per heavy atom. The summed E-state index contributed by atoms with van der Waals surface area (Å²) in [5, 5.41) is 8.81. The van der Waals surface area contributed by atoms with E-state index < -0.39 is 11.6 Å². The average Bonchev–Trinajstić information content (AvgIpc) is 2.28. The minimum atomic E-state index is -0.716. The first-order chi connectivity index (χ1) is 8.17. The molecule has 0 spiro atoms. The second kappa shape index (κ2) is 4.88. The molecule has 0 aliphatic heterocycles. The van der Waals surface area contributed by atoms with Crippen LogP contribution >= 0.6 is 0 Å². The van der Waals surface area contributed by atoms with Crippen molar-refractivity contribution >= 4 is 0 Å². The van der Waals surface area contributed by atoms with Crippen LogP contribution in [0.25, 0.3) is 0 Å². The number of ether oxygens (including phenoxy) is 1. The molecule has 1 N–H and O–H groups in total. The highest BCUT2D eigenvalue weighted by Crippen LogP contribution is 2.21. The molecule has 0 saturated heterocycles. The van der Waals surface area contributed by atoms with Crippen LogP contribution < -0.4 is 4.74 Å². The van der Waals surface area contributed by atoms with Crippen molar-refractivity contribution in [1.82, 2.24) is 4.98 Å². The fourth-order valence-electron chi connectivity index (χ4n) is 1.27. The van der Waals surface area contributed by atoms with Gasteiger partial charge in [-0.15, -0.1) is 0 Å². The molecule has 0 atom stereocenters. The molecule has 1 aromatic heterocycles. The van der Waals surface area contributed by atoms with Gasteiger partial charge in [-0.3, -0.25) is 0 Å². The van der Waals surface area contributed by atoms with Gasteiger partial charge in [0.2, 0.25) is 5.88 Å². The largest absolute Gasteiger partial charge is 0.439 e. The minimum Gasteiger partial charge on any atom is -0.439 e.